The predicted molar refractivity (Wildman–Crippen MR) is 67.7 cm³/mol. The zero-order valence-electron chi connectivity index (χ0n) is 10.6. The lowest BCUT2D eigenvalue weighted by Gasteiger charge is -2.04. The van der Waals surface area contributed by atoms with Crippen LogP contribution in [0.3, 0.4) is 0 Å². The molecule has 0 saturated heterocycles. The van der Waals surface area contributed by atoms with Crippen LogP contribution in [0.15, 0.2) is 34.7 Å². The van der Waals surface area contributed by atoms with Gasteiger partial charge in [-0.2, -0.15) is 0 Å². The fourth-order valence-corrected chi connectivity index (χ4v) is 1.64. The van der Waals surface area contributed by atoms with Crippen molar-refractivity contribution in [2.45, 2.75) is 13.5 Å². The largest absolute Gasteiger partial charge is 0.465 e. The van der Waals surface area contributed by atoms with E-state index < -0.39 is 16.6 Å². The molecule has 0 aliphatic carbocycles. The van der Waals surface area contributed by atoms with Crippen LogP contribution in [-0.4, -0.2) is 10.8 Å². The van der Waals surface area contributed by atoms with Crippen LogP contribution in [0.4, 0.5) is 10.1 Å². The standard InChI is InChI=1S/C13H11FN2O4/c1-8-2-4-10(20-8)7-15-13(17)11-6-9(16(18)19)3-5-12(11)14/h2-6H,7H2,1H3,(H,15,17). The van der Waals surface area contributed by atoms with Crippen molar-refractivity contribution in [2.75, 3.05) is 0 Å². The highest BCUT2D eigenvalue weighted by molar-refractivity contribution is 5.95. The van der Waals surface area contributed by atoms with Crippen molar-refractivity contribution >= 4 is 11.6 Å². The monoisotopic (exact) mass is 278 g/mol. The molecule has 20 heavy (non-hydrogen) atoms. The lowest BCUT2D eigenvalue weighted by atomic mass is 10.1. The molecule has 7 heteroatoms. The molecule has 0 saturated carbocycles. The van der Waals surface area contributed by atoms with Gasteiger partial charge in [-0.15, -0.1) is 0 Å². The molecule has 1 N–H and O–H groups in total. The molecule has 0 bridgehead atoms. The molecule has 1 aromatic heterocycles. The fourth-order valence-electron chi connectivity index (χ4n) is 1.64. The first-order valence-corrected chi connectivity index (χ1v) is 5.75. The molecule has 0 fully saturated rings. The minimum Gasteiger partial charge on any atom is -0.465 e. The van der Waals surface area contributed by atoms with Gasteiger partial charge in [0.15, 0.2) is 0 Å². The molecule has 1 aromatic carbocycles. The summed E-state index contributed by atoms with van der Waals surface area (Å²) in [5.41, 5.74) is -0.715. The second-order valence-corrected chi connectivity index (χ2v) is 4.12. The Morgan fingerprint density at radius 3 is 2.75 bits per heavy atom. The quantitative estimate of drug-likeness (QED) is 0.688. The number of rotatable bonds is 4. The average Bonchev–Trinajstić information content (AvgIpc) is 2.82. The lowest BCUT2D eigenvalue weighted by molar-refractivity contribution is -0.384. The van der Waals surface area contributed by atoms with Crippen LogP contribution in [0.2, 0.25) is 0 Å². The van der Waals surface area contributed by atoms with Gasteiger partial charge in [-0.3, -0.25) is 14.9 Å². The number of nitro benzene ring substituents is 1. The van der Waals surface area contributed by atoms with Crippen molar-refractivity contribution in [3.63, 3.8) is 0 Å². The van der Waals surface area contributed by atoms with Gasteiger partial charge in [-0.1, -0.05) is 0 Å². The number of aryl methyl sites for hydroxylation is 1. The molecule has 0 aliphatic heterocycles. The van der Waals surface area contributed by atoms with E-state index in [1.807, 2.05) is 0 Å². The number of hydrogen-bond acceptors (Lipinski definition) is 4. The third-order valence-corrected chi connectivity index (χ3v) is 2.62. The van der Waals surface area contributed by atoms with Crippen LogP contribution in [0.1, 0.15) is 21.9 Å². The maximum absolute atomic E-state index is 13.5. The summed E-state index contributed by atoms with van der Waals surface area (Å²) in [7, 11) is 0. The molecule has 1 heterocycles. The Morgan fingerprint density at radius 2 is 2.15 bits per heavy atom. The highest BCUT2D eigenvalue weighted by Gasteiger charge is 2.17. The second kappa shape index (κ2) is 5.52. The molecular weight excluding hydrogens is 267 g/mol. The summed E-state index contributed by atoms with van der Waals surface area (Å²) in [6, 6.07) is 6.21. The van der Waals surface area contributed by atoms with Gasteiger partial charge < -0.3 is 9.73 Å². The van der Waals surface area contributed by atoms with Gasteiger partial charge in [-0.05, 0) is 25.1 Å². The van der Waals surface area contributed by atoms with E-state index in [1.165, 1.54) is 0 Å². The van der Waals surface area contributed by atoms with Gasteiger partial charge in [-0.25, -0.2) is 4.39 Å². The number of amides is 1. The molecule has 0 unspecified atom stereocenters. The first kappa shape index (κ1) is 13.7. The molecule has 1 amide bonds. The van der Waals surface area contributed by atoms with Gasteiger partial charge >= 0.3 is 0 Å². The Kier molecular flexibility index (Phi) is 3.79. The Hall–Kier alpha value is -2.70. The van der Waals surface area contributed by atoms with E-state index >= 15 is 0 Å². The minimum absolute atomic E-state index is 0.0782. The number of carbonyl (C=O) groups is 1. The topological polar surface area (TPSA) is 85.4 Å². The second-order valence-electron chi connectivity index (χ2n) is 4.12. The number of carbonyl (C=O) groups excluding carboxylic acids is 1. The highest BCUT2D eigenvalue weighted by atomic mass is 19.1. The van der Waals surface area contributed by atoms with E-state index in [4.69, 9.17) is 4.42 Å². The molecule has 6 nitrogen and oxygen atoms in total. The Labute approximate surface area is 113 Å². The van der Waals surface area contributed by atoms with Gasteiger partial charge in [0.25, 0.3) is 11.6 Å². The number of halogens is 1. The minimum atomic E-state index is -0.816. The van der Waals surface area contributed by atoms with Gasteiger partial charge in [0.2, 0.25) is 0 Å². The maximum atomic E-state index is 13.5. The zero-order valence-corrected chi connectivity index (χ0v) is 10.6. The van der Waals surface area contributed by atoms with E-state index in [2.05, 4.69) is 5.32 Å². The van der Waals surface area contributed by atoms with Crippen molar-refractivity contribution in [1.82, 2.24) is 5.32 Å². The molecule has 0 spiro atoms. The normalized spacial score (nSPS) is 10.3. The Morgan fingerprint density at radius 1 is 1.40 bits per heavy atom. The van der Waals surface area contributed by atoms with Crippen LogP contribution in [0.25, 0.3) is 0 Å². The third-order valence-electron chi connectivity index (χ3n) is 2.62. The van der Waals surface area contributed by atoms with E-state index in [-0.39, 0.29) is 17.8 Å². The number of non-ortho nitro benzene ring substituents is 1. The van der Waals surface area contributed by atoms with Gasteiger partial charge in [0, 0.05) is 12.1 Å². The van der Waals surface area contributed by atoms with Crippen molar-refractivity contribution in [3.8, 4) is 0 Å². The molecule has 0 radical (unpaired) electrons. The van der Waals surface area contributed by atoms with Gasteiger partial charge in [0.1, 0.15) is 17.3 Å². The zero-order chi connectivity index (χ0) is 14.7. The molecule has 0 atom stereocenters. The first-order chi connectivity index (χ1) is 9.47. The van der Waals surface area contributed by atoms with Crippen LogP contribution < -0.4 is 5.32 Å². The number of furan rings is 1. The number of nitro groups is 1. The Bertz CT molecular complexity index is 666. The molecular formula is C13H11FN2O4. The molecule has 0 aliphatic rings. The summed E-state index contributed by atoms with van der Waals surface area (Å²) in [5, 5.41) is 13.0. The summed E-state index contributed by atoms with van der Waals surface area (Å²) >= 11 is 0. The summed E-state index contributed by atoms with van der Waals surface area (Å²) in [6.45, 7) is 1.83. The fraction of sp³-hybridized carbons (Fsp3) is 0.154. The summed E-state index contributed by atoms with van der Waals surface area (Å²) in [6.07, 6.45) is 0. The SMILES string of the molecule is Cc1ccc(CNC(=O)c2cc([N+](=O)[O-])ccc2F)o1. The predicted octanol–water partition coefficient (Wildman–Crippen LogP) is 2.57. The third kappa shape index (κ3) is 3.00. The van der Waals surface area contributed by atoms with Crippen molar-refractivity contribution < 1.29 is 18.5 Å². The van der Waals surface area contributed by atoms with Crippen LogP contribution >= 0.6 is 0 Å². The number of nitrogens with one attached hydrogen (secondary N) is 1. The number of benzene rings is 1. The van der Waals surface area contributed by atoms with Gasteiger partial charge in [0.05, 0.1) is 17.0 Å². The molecule has 2 rings (SSSR count). The lowest BCUT2D eigenvalue weighted by Crippen LogP contribution is -2.23. The van der Waals surface area contributed by atoms with Crippen molar-refractivity contribution in [3.05, 3.63) is 63.3 Å². The van der Waals surface area contributed by atoms with Crippen molar-refractivity contribution in [2.24, 2.45) is 0 Å². The smallest absolute Gasteiger partial charge is 0.270 e. The summed E-state index contributed by atoms with van der Waals surface area (Å²) in [4.78, 5) is 21.7. The average molecular weight is 278 g/mol. The highest BCUT2D eigenvalue weighted by Crippen LogP contribution is 2.17. The number of nitrogens with zero attached hydrogens (tertiary/aromatic N) is 1. The van der Waals surface area contributed by atoms with E-state index in [0.29, 0.717) is 11.5 Å². The molecule has 2 aromatic rings. The van der Waals surface area contributed by atoms with Crippen LogP contribution in [-0.2, 0) is 6.54 Å². The van der Waals surface area contributed by atoms with Crippen LogP contribution in [0, 0.1) is 22.9 Å². The van der Waals surface area contributed by atoms with E-state index in [9.17, 15) is 19.3 Å². The maximum Gasteiger partial charge on any atom is 0.270 e. The molecule has 104 valence electrons. The first-order valence-electron chi connectivity index (χ1n) is 5.75. The summed E-state index contributed by atoms with van der Waals surface area (Å²) < 4.78 is 18.8. The summed E-state index contributed by atoms with van der Waals surface area (Å²) in [5.74, 6) is -0.346. The Balaban J connectivity index is 2.12. The van der Waals surface area contributed by atoms with Crippen LogP contribution in [0.5, 0.6) is 0 Å². The van der Waals surface area contributed by atoms with Crippen molar-refractivity contribution in [1.29, 1.82) is 0 Å². The van der Waals surface area contributed by atoms with E-state index in [0.717, 1.165) is 18.2 Å². The number of hydrogen-bond donors (Lipinski definition) is 1. The van der Waals surface area contributed by atoms with E-state index in [1.54, 1.807) is 19.1 Å².